The van der Waals surface area contributed by atoms with E-state index in [0.29, 0.717) is 21.7 Å². The van der Waals surface area contributed by atoms with Crippen molar-refractivity contribution in [2.45, 2.75) is 6.54 Å². The molecular weight excluding hydrogens is 280 g/mol. The fourth-order valence-electron chi connectivity index (χ4n) is 1.95. The zero-order valence-electron chi connectivity index (χ0n) is 10.6. The van der Waals surface area contributed by atoms with Gasteiger partial charge in [-0.2, -0.15) is 5.10 Å². The van der Waals surface area contributed by atoms with Crippen molar-refractivity contribution in [3.05, 3.63) is 45.3 Å². The van der Waals surface area contributed by atoms with Gasteiger partial charge < -0.3 is 5.73 Å². The number of benzene rings is 1. The van der Waals surface area contributed by atoms with Crippen LogP contribution in [0.3, 0.4) is 0 Å². The molecule has 0 unspecified atom stereocenters. The molecule has 2 aromatic heterocycles. The fourth-order valence-corrected chi connectivity index (χ4v) is 2.13. The first-order valence-electron chi connectivity index (χ1n) is 5.85. The van der Waals surface area contributed by atoms with Gasteiger partial charge in [0.1, 0.15) is 5.39 Å². The molecule has 7 nitrogen and oxygen atoms in total. The molecule has 2 heterocycles. The summed E-state index contributed by atoms with van der Waals surface area (Å²) in [6.45, 7) is 0.236. The number of aromatic nitrogens is 5. The van der Waals surface area contributed by atoms with Crippen molar-refractivity contribution in [1.82, 2.24) is 24.8 Å². The summed E-state index contributed by atoms with van der Waals surface area (Å²) < 4.78 is 2.76. The predicted molar refractivity (Wildman–Crippen MR) is 75.5 cm³/mol. The van der Waals surface area contributed by atoms with Crippen LogP contribution in [0.25, 0.3) is 11.0 Å². The van der Waals surface area contributed by atoms with Gasteiger partial charge >= 0.3 is 0 Å². The topological polar surface area (TPSA) is 91.6 Å². The molecule has 0 atom stereocenters. The van der Waals surface area contributed by atoms with Crippen molar-refractivity contribution in [1.29, 1.82) is 0 Å². The maximum Gasteiger partial charge on any atom is 0.281 e. The summed E-state index contributed by atoms with van der Waals surface area (Å²) in [5.74, 6) is 0. The minimum Gasteiger partial charge on any atom is -0.398 e. The van der Waals surface area contributed by atoms with Gasteiger partial charge in [0.25, 0.3) is 5.56 Å². The monoisotopic (exact) mass is 290 g/mol. The summed E-state index contributed by atoms with van der Waals surface area (Å²) in [5.41, 5.74) is 7.34. The van der Waals surface area contributed by atoms with Crippen molar-refractivity contribution in [2.24, 2.45) is 7.05 Å². The van der Waals surface area contributed by atoms with Crippen LogP contribution in [0.15, 0.2) is 29.2 Å². The minimum absolute atomic E-state index is 0.236. The number of aryl methyl sites for hydroxylation is 1. The van der Waals surface area contributed by atoms with Crippen molar-refractivity contribution in [3.63, 3.8) is 0 Å². The molecular formula is C12H11ClN6O. The largest absolute Gasteiger partial charge is 0.398 e. The van der Waals surface area contributed by atoms with Crippen LogP contribution in [0.1, 0.15) is 5.56 Å². The zero-order chi connectivity index (χ0) is 14.3. The van der Waals surface area contributed by atoms with Gasteiger partial charge in [0.2, 0.25) is 0 Å². The Hall–Kier alpha value is -2.41. The number of nitrogens with two attached hydrogens (primary N) is 1. The Morgan fingerprint density at radius 1 is 1.40 bits per heavy atom. The Labute approximate surface area is 118 Å². The van der Waals surface area contributed by atoms with Gasteiger partial charge in [-0.05, 0) is 17.7 Å². The normalized spacial score (nSPS) is 11.1. The van der Waals surface area contributed by atoms with Gasteiger partial charge in [-0.25, -0.2) is 9.36 Å². The molecule has 1 aromatic carbocycles. The summed E-state index contributed by atoms with van der Waals surface area (Å²) in [6.07, 6.45) is 1.48. The summed E-state index contributed by atoms with van der Waals surface area (Å²) in [6, 6.07) is 5.12. The van der Waals surface area contributed by atoms with Gasteiger partial charge in [-0.3, -0.25) is 4.79 Å². The highest BCUT2D eigenvalue weighted by atomic mass is 35.5. The zero-order valence-corrected chi connectivity index (χ0v) is 11.4. The number of hydrogen-bond donors (Lipinski definition) is 1. The molecule has 3 aromatic rings. The van der Waals surface area contributed by atoms with Crippen molar-refractivity contribution < 1.29 is 0 Å². The Bertz CT molecular complexity index is 853. The number of rotatable bonds is 2. The van der Waals surface area contributed by atoms with Gasteiger partial charge in [0.05, 0.1) is 12.7 Å². The van der Waals surface area contributed by atoms with Crippen LogP contribution < -0.4 is 11.3 Å². The third-order valence-corrected chi connectivity index (χ3v) is 3.28. The molecule has 2 N–H and O–H groups in total. The highest BCUT2D eigenvalue weighted by Crippen LogP contribution is 2.18. The van der Waals surface area contributed by atoms with Crippen LogP contribution in [-0.4, -0.2) is 24.8 Å². The second-order valence-corrected chi connectivity index (χ2v) is 4.84. The van der Waals surface area contributed by atoms with E-state index in [9.17, 15) is 4.79 Å². The molecule has 0 saturated carbocycles. The van der Waals surface area contributed by atoms with E-state index in [1.54, 1.807) is 25.2 Å². The van der Waals surface area contributed by atoms with Gasteiger partial charge in [0.15, 0.2) is 5.65 Å². The molecule has 0 fully saturated rings. The van der Waals surface area contributed by atoms with Crippen molar-refractivity contribution in [3.8, 4) is 0 Å². The molecule has 0 amide bonds. The second kappa shape index (κ2) is 4.61. The first kappa shape index (κ1) is 12.6. The molecule has 0 aliphatic heterocycles. The molecule has 0 saturated heterocycles. The van der Waals surface area contributed by atoms with E-state index >= 15 is 0 Å². The second-order valence-electron chi connectivity index (χ2n) is 4.40. The molecule has 102 valence electrons. The van der Waals surface area contributed by atoms with E-state index in [-0.39, 0.29) is 12.1 Å². The van der Waals surface area contributed by atoms with Gasteiger partial charge in [-0.1, -0.05) is 22.9 Å². The lowest BCUT2D eigenvalue weighted by molar-refractivity contribution is 0.596. The van der Waals surface area contributed by atoms with E-state index in [0.717, 1.165) is 5.56 Å². The maximum absolute atomic E-state index is 12.3. The number of hydrogen-bond acceptors (Lipinski definition) is 5. The lowest BCUT2D eigenvalue weighted by atomic mass is 10.2. The predicted octanol–water partition coefficient (Wildman–Crippen LogP) is 0.809. The van der Waals surface area contributed by atoms with E-state index in [2.05, 4.69) is 15.4 Å². The highest BCUT2D eigenvalue weighted by molar-refractivity contribution is 6.30. The molecule has 0 bridgehead atoms. The lowest BCUT2D eigenvalue weighted by Gasteiger charge is -2.07. The van der Waals surface area contributed by atoms with Crippen LogP contribution in [-0.2, 0) is 13.6 Å². The average Bonchev–Trinajstić information content (AvgIpc) is 2.78. The number of nitrogens with zero attached hydrogens (tertiary/aromatic N) is 5. The number of nitrogen functional groups attached to an aromatic ring is 1. The van der Waals surface area contributed by atoms with E-state index in [1.807, 2.05) is 0 Å². The summed E-state index contributed by atoms with van der Waals surface area (Å²) >= 11 is 5.84. The quantitative estimate of drug-likeness (QED) is 0.705. The number of anilines is 1. The van der Waals surface area contributed by atoms with E-state index in [1.165, 1.54) is 15.6 Å². The van der Waals surface area contributed by atoms with Crippen molar-refractivity contribution >= 4 is 28.3 Å². The van der Waals surface area contributed by atoms with Crippen LogP contribution >= 0.6 is 11.6 Å². The number of fused-ring (bicyclic) bond motifs is 1. The van der Waals surface area contributed by atoms with Gasteiger partial charge in [-0.15, -0.1) is 5.10 Å². The molecule has 0 aliphatic carbocycles. The van der Waals surface area contributed by atoms with Crippen LogP contribution in [0, 0.1) is 0 Å². The third-order valence-electron chi connectivity index (χ3n) is 3.05. The van der Waals surface area contributed by atoms with Crippen molar-refractivity contribution in [2.75, 3.05) is 5.73 Å². The molecule has 8 heteroatoms. The molecule has 0 aliphatic rings. The Morgan fingerprint density at radius 2 is 2.20 bits per heavy atom. The summed E-state index contributed by atoms with van der Waals surface area (Å²) in [7, 11) is 1.71. The van der Waals surface area contributed by atoms with Gasteiger partial charge in [0, 0.05) is 17.8 Å². The number of halogens is 1. The Morgan fingerprint density at radius 3 is 2.95 bits per heavy atom. The summed E-state index contributed by atoms with van der Waals surface area (Å²) in [4.78, 5) is 12.3. The van der Waals surface area contributed by atoms with Crippen LogP contribution in [0.5, 0.6) is 0 Å². The third kappa shape index (κ3) is 2.01. The first-order chi connectivity index (χ1) is 9.56. The standard InChI is InChI=1S/C12H11ClN6O/c1-18-11-9(5-15-18)12(20)19(17-16-11)6-7-2-3-8(13)4-10(7)14/h2-5H,6,14H2,1H3. The molecule has 3 rings (SSSR count). The summed E-state index contributed by atoms with van der Waals surface area (Å²) in [5, 5.41) is 12.9. The molecule has 0 spiro atoms. The van der Waals surface area contributed by atoms with E-state index < -0.39 is 0 Å². The minimum atomic E-state index is -0.252. The lowest BCUT2D eigenvalue weighted by Crippen LogP contribution is -2.25. The van der Waals surface area contributed by atoms with Crippen LogP contribution in [0.4, 0.5) is 5.69 Å². The smallest absolute Gasteiger partial charge is 0.281 e. The Balaban J connectivity index is 2.07. The van der Waals surface area contributed by atoms with E-state index in [4.69, 9.17) is 17.3 Å². The Kier molecular flexibility index (Phi) is 2.90. The molecule has 0 radical (unpaired) electrons. The fraction of sp³-hybridized carbons (Fsp3) is 0.167. The highest BCUT2D eigenvalue weighted by Gasteiger charge is 2.10. The molecule has 20 heavy (non-hydrogen) atoms. The van der Waals surface area contributed by atoms with Crippen LogP contribution in [0.2, 0.25) is 5.02 Å². The SMILES string of the molecule is Cn1ncc2c(=O)n(Cc3ccc(Cl)cc3N)nnc21. The maximum atomic E-state index is 12.3. The average molecular weight is 291 g/mol. The first-order valence-corrected chi connectivity index (χ1v) is 6.23.